The van der Waals surface area contributed by atoms with Crippen LogP contribution in [0.15, 0.2) is 97.6 Å². The molecule has 0 fully saturated rings. The second-order valence-corrected chi connectivity index (χ2v) is 6.09. The Labute approximate surface area is 144 Å². The molecule has 1 nitrogen and oxygen atoms in total. The molecule has 0 bridgehead atoms. The van der Waals surface area contributed by atoms with E-state index in [-0.39, 0.29) is 0 Å². The molecule has 0 heterocycles. The lowest BCUT2D eigenvalue weighted by Crippen LogP contribution is -2.24. The van der Waals surface area contributed by atoms with E-state index in [1.165, 1.54) is 16.7 Å². The average molecular weight is 313 g/mol. The van der Waals surface area contributed by atoms with Gasteiger partial charge in [-0.3, -0.25) is 4.90 Å². The van der Waals surface area contributed by atoms with Crippen molar-refractivity contribution < 1.29 is 0 Å². The van der Waals surface area contributed by atoms with Gasteiger partial charge in [0.25, 0.3) is 0 Å². The van der Waals surface area contributed by atoms with Crippen LogP contribution in [0.25, 0.3) is 5.57 Å². The van der Waals surface area contributed by atoms with E-state index in [4.69, 9.17) is 0 Å². The standard InChI is InChI=1S/C23H23N/c1-20(23-15-9-4-10-16-23)17-24(18-21-11-5-2-6-12-21)19-22-13-7-3-8-14-22/h2-16H,1,17-19H2. The summed E-state index contributed by atoms with van der Waals surface area (Å²) >= 11 is 0. The molecular weight excluding hydrogens is 290 g/mol. The molecule has 0 spiro atoms. The fraction of sp³-hybridized carbons (Fsp3) is 0.130. The van der Waals surface area contributed by atoms with Crippen LogP contribution in [0.1, 0.15) is 16.7 Å². The van der Waals surface area contributed by atoms with E-state index in [2.05, 4.69) is 96.4 Å². The van der Waals surface area contributed by atoms with Crippen molar-refractivity contribution in [1.82, 2.24) is 4.90 Å². The lowest BCUT2D eigenvalue weighted by atomic mass is 10.1. The normalized spacial score (nSPS) is 10.7. The highest BCUT2D eigenvalue weighted by atomic mass is 15.1. The third-order valence-electron chi connectivity index (χ3n) is 4.09. The van der Waals surface area contributed by atoms with Crippen LogP contribution in [0.2, 0.25) is 0 Å². The summed E-state index contributed by atoms with van der Waals surface area (Å²) in [7, 11) is 0. The van der Waals surface area contributed by atoms with Crippen LogP contribution in [-0.2, 0) is 13.1 Å². The van der Waals surface area contributed by atoms with Crippen molar-refractivity contribution in [3.63, 3.8) is 0 Å². The van der Waals surface area contributed by atoms with E-state index in [0.717, 1.165) is 25.2 Å². The fourth-order valence-corrected chi connectivity index (χ4v) is 2.89. The predicted molar refractivity (Wildman–Crippen MR) is 102 cm³/mol. The molecule has 0 amide bonds. The van der Waals surface area contributed by atoms with Gasteiger partial charge in [-0.15, -0.1) is 0 Å². The van der Waals surface area contributed by atoms with Gasteiger partial charge in [-0.05, 0) is 22.3 Å². The highest BCUT2D eigenvalue weighted by Gasteiger charge is 2.10. The van der Waals surface area contributed by atoms with Crippen LogP contribution in [0.5, 0.6) is 0 Å². The van der Waals surface area contributed by atoms with Crippen molar-refractivity contribution in [3.05, 3.63) is 114 Å². The van der Waals surface area contributed by atoms with E-state index in [1.54, 1.807) is 0 Å². The van der Waals surface area contributed by atoms with Crippen molar-refractivity contribution in [2.75, 3.05) is 6.54 Å². The van der Waals surface area contributed by atoms with Gasteiger partial charge in [-0.25, -0.2) is 0 Å². The zero-order chi connectivity index (χ0) is 16.6. The van der Waals surface area contributed by atoms with Gasteiger partial charge in [0.1, 0.15) is 0 Å². The molecule has 0 atom stereocenters. The monoisotopic (exact) mass is 313 g/mol. The van der Waals surface area contributed by atoms with Gasteiger partial charge in [0.15, 0.2) is 0 Å². The molecule has 3 aromatic carbocycles. The molecule has 0 aliphatic heterocycles. The first-order chi connectivity index (χ1) is 11.8. The van der Waals surface area contributed by atoms with E-state index < -0.39 is 0 Å². The average Bonchev–Trinajstić information content (AvgIpc) is 2.64. The maximum absolute atomic E-state index is 4.31. The molecule has 0 aromatic heterocycles. The Morgan fingerprint density at radius 2 is 1.04 bits per heavy atom. The Bertz CT molecular complexity index is 706. The molecule has 24 heavy (non-hydrogen) atoms. The summed E-state index contributed by atoms with van der Waals surface area (Å²) in [6.45, 7) is 7.00. The van der Waals surface area contributed by atoms with Crippen molar-refractivity contribution in [3.8, 4) is 0 Å². The fourth-order valence-electron chi connectivity index (χ4n) is 2.89. The maximum Gasteiger partial charge on any atom is 0.0240 e. The van der Waals surface area contributed by atoms with Crippen LogP contribution in [-0.4, -0.2) is 11.4 Å². The quantitative estimate of drug-likeness (QED) is 0.564. The lowest BCUT2D eigenvalue weighted by Gasteiger charge is -2.24. The zero-order valence-electron chi connectivity index (χ0n) is 13.9. The molecule has 0 unspecified atom stereocenters. The van der Waals surface area contributed by atoms with Crippen LogP contribution >= 0.6 is 0 Å². The Balaban J connectivity index is 1.75. The van der Waals surface area contributed by atoms with Crippen LogP contribution in [0, 0.1) is 0 Å². The molecule has 0 aliphatic rings. The van der Waals surface area contributed by atoms with Crippen molar-refractivity contribution in [1.29, 1.82) is 0 Å². The summed E-state index contributed by atoms with van der Waals surface area (Å²) in [4.78, 5) is 2.44. The minimum absolute atomic E-state index is 0.855. The molecular formula is C23H23N. The summed E-state index contributed by atoms with van der Waals surface area (Å²) in [5, 5.41) is 0. The van der Waals surface area contributed by atoms with Crippen molar-refractivity contribution in [2.45, 2.75) is 13.1 Å². The SMILES string of the molecule is C=C(CN(Cc1ccccc1)Cc1ccccc1)c1ccccc1. The Kier molecular flexibility index (Phi) is 5.60. The molecule has 0 saturated heterocycles. The predicted octanol–water partition coefficient (Wildman–Crippen LogP) is 5.40. The van der Waals surface area contributed by atoms with Crippen LogP contribution in [0.4, 0.5) is 0 Å². The Morgan fingerprint density at radius 3 is 1.50 bits per heavy atom. The second kappa shape index (κ2) is 8.28. The topological polar surface area (TPSA) is 3.24 Å². The number of hydrogen-bond donors (Lipinski definition) is 0. The number of rotatable bonds is 7. The van der Waals surface area contributed by atoms with E-state index in [9.17, 15) is 0 Å². The highest BCUT2D eigenvalue weighted by molar-refractivity contribution is 5.64. The Hall–Kier alpha value is -2.64. The molecule has 0 N–H and O–H groups in total. The number of hydrogen-bond acceptors (Lipinski definition) is 1. The largest absolute Gasteiger partial charge is 0.291 e. The third-order valence-corrected chi connectivity index (χ3v) is 4.09. The van der Waals surface area contributed by atoms with E-state index in [1.807, 2.05) is 6.07 Å². The molecule has 1 heteroatoms. The number of nitrogens with zero attached hydrogens (tertiary/aromatic N) is 1. The maximum atomic E-state index is 4.31. The first-order valence-electron chi connectivity index (χ1n) is 8.34. The van der Waals surface area contributed by atoms with Gasteiger partial charge in [-0.2, -0.15) is 0 Å². The lowest BCUT2D eigenvalue weighted by molar-refractivity contribution is 0.290. The van der Waals surface area contributed by atoms with Gasteiger partial charge >= 0.3 is 0 Å². The zero-order valence-corrected chi connectivity index (χ0v) is 13.9. The highest BCUT2D eigenvalue weighted by Crippen LogP contribution is 2.17. The minimum Gasteiger partial charge on any atom is -0.291 e. The summed E-state index contributed by atoms with van der Waals surface area (Å²) in [5.41, 5.74) is 5.02. The van der Waals surface area contributed by atoms with Crippen molar-refractivity contribution >= 4 is 5.57 Å². The minimum atomic E-state index is 0.855. The molecule has 0 aliphatic carbocycles. The van der Waals surface area contributed by atoms with Crippen LogP contribution < -0.4 is 0 Å². The van der Waals surface area contributed by atoms with Gasteiger partial charge in [0, 0.05) is 19.6 Å². The molecule has 3 rings (SSSR count). The van der Waals surface area contributed by atoms with Crippen LogP contribution in [0.3, 0.4) is 0 Å². The molecule has 0 radical (unpaired) electrons. The van der Waals surface area contributed by atoms with Gasteiger partial charge in [0.05, 0.1) is 0 Å². The van der Waals surface area contributed by atoms with E-state index in [0.29, 0.717) is 0 Å². The summed E-state index contributed by atoms with van der Waals surface area (Å²) in [6, 6.07) is 31.7. The van der Waals surface area contributed by atoms with Gasteiger partial charge in [0.2, 0.25) is 0 Å². The van der Waals surface area contributed by atoms with E-state index >= 15 is 0 Å². The molecule has 120 valence electrons. The summed E-state index contributed by atoms with van der Waals surface area (Å²) in [6.07, 6.45) is 0. The Morgan fingerprint density at radius 1 is 0.625 bits per heavy atom. The molecule has 3 aromatic rings. The van der Waals surface area contributed by atoms with Crippen molar-refractivity contribution in [2.24, 2.45) is 0 Å². The third kappa shape index (κ3) is 4.68. The first kappa shape index (κ1) is 16.2. The molecule has 0 saturated carbocycles. The number of benzene rings is 3. The summed E-state index contributed by atoms with van der Waals surface area (Å²) < 4.78 is 0. The first-order valence-corrected chi connectivity index (χ1v) is 8.34. The smallest absolute Gasteiger partial charge is 0.0240 e. The van der Waals surface area contributed by atoms with Gasteiger partial charge < -0.3 is 0 Å². The summed E-state index contributed by atoms with van der Waals surface area (Å²) in [5.74, 6) is 0. The second-order valence-electron chi connectivity index (χ2n) is 6.09. The van der Waals surface area contributed by atoms with Gasteiger partial charge in [-0.1, -0.05) is 97.6 Å².